The van der Waals surface area contributed by atoms with E-state index in [0.717, 1.165) is 12.8 Å². The Hall–Kier alpha value is -0.740. The molecule has 0 bridgehead atoms. The van der Waals surface area contributed by atoms with Gasteiger partial charge in [0.15, 0.2) is 0 Å². The van der Waals surface area contributed by atoms with E-state index in [-0.39, 0.29) is 0 Å². The molecule has 0 heterocycles. The molecular weight excluding hydrogens is 108 g/mol. The zero-order valence-corrected chi connectivity index (χ0v) is 6.28. The molecule has 0 aliphatic rings. The van der Waals surface area contributed by atoms with Crippen LogP contribution in [-0.2, 0) is 0 Å². The molecule has 0 N–H and O–H groups in total. The molecule has 0 aliphatic heterocycles. The summed E-state index contributed by atoms with van der Waals surface area (Å²) in [4.78, 5) is 0. The van der Waals surface area contributed by atoms with E-state index in [4.69, 9.17) is 0 Å². The van der Waals surface area contributed by atoms with E-state index in [1.165, 1.54) is 5.57 Å². The van der Waals surface area contributed by atoms with E-state index in [0.29, 0.717) is 0 Å². The minimum atomic E-state index is 0.997. The first-order valence-electron chi connectivity index (χ1n) is 3.31. The van der Waals surface area contributed by atoms with Crippen LogP contribution in [0.4, 0.5) is 0 Å². The fourth-order valence-corrected chi connectivity index (χ4v) is 0.665. The fourth-order valence-electron chi connectivity index (χ4n) is 0.665. The van der Waals surface area contributed by atoms with Gasteiger partial charge >= 0.3 is 0 Å². The monoisotopic (exact) mass is 122 g/mol. The number of hydrogen-bond donors (Lipinski definition) is 0. The summed E-state index contributed by atoms with van der Waals surface area (Å²) in [5.74, 6) is 0. The molecule has 0 aromatic rings. The molecule has 0 aromatic carbocycles. The predicted octanol–water partition coefficient (Wildman–Crippen LogP) is 3.07. The van der Waals surface area contributed by atoms with Crippen LogP contribution in [0.25, 0.3) is 0 Å². The van der Waals surface area contributed by atoms with Crippen LogP contribution in [0.15, 0.2) is 30.0 Å². The van der Waals surface area contributed by atoms with E-state index in [9.17, 15) is 0 Å². The number of allylic oxidation sites excluding steroid dienone is 3. The maximum atomic E-state index is 3.48. The summed E-state index contributed by atoms with van der Waals surface area (Å²) in [5, 5.41) is 0. The van der Waals surface area contributed by atoms with Crippen molar-refractivity contribution < 1.29 is 0 Å². The Morgan fingerprint density at radius 3 is 2.78 bits per heavy atom. The Labute approximate surface area is 57.6 Å². The Morgan fingerprint density at radius 2 is 2.33 bits per heavy atom. The molecule has 50 valence electrons. The van der Waals surface area contributed by atoms with Crippen LogP contribution in [0.1, 0.15) is 26.7 Å². The third kappa shape index (κ3) is 5.13. The predicted molar refractivity (Wildman–Crippen MR) is 42.4 cm³/mol. The first-order valence-corrected chi connectivity index (χ1v) is 3.31. The third-order valence-electron chi connectivity index (χ3n) is 1.12. The minimum Gasteiger partial charge on any atom is -0.133 e. The molecule has 0 atom stereocenters. The van der Waals surface area contributed by atoms with Crippen LogP contribution < -0.4 is 0 Å². The van der Waals surface area contributed by atoms with Gasteiger partial charge in [0.1, 0.15) is 0 Å². The number of rotatable bonds is 3. The van der Waals surface area contributed by atoms with Crippen molar-refractivity contribution in [2.24, 2.45) is 0 Å². The minimum absolute atomic E-state index is 0.997. The first-order chi connectivity index (χ1) is 4.31. The molecule has 0 radical (unpaired) electrons. The van der Waals surface area contributed by atoms with Crippen molar-refractivity contribution in [3.05, 3.63) is 30.0 Å². The van der Waals surface area contributed by atoms with Gasteiger partial charge < -0.3 is 0 Å². The van der Waals surface area contributed by atoms with Crippen LogP contribution >= 0.6 is 0 Å². The maximum Gasteiger partial charge on any atom is -0.00656 e. The van der Waals surface area contributed by atoms with Crippen molar-refractivity contribution >= 4 is 0 Å². The standard InChI is InChI=1S/C9H14/c1-4-6-8-9(3)7-5-2/h6-7H,1,5,8H2,2-3H3. The molecule has 0 unspecified atom stereocenters. The van der Waals surface area contributed by atoms with Crippen molar-refractivity contribution in [3.8, 4) is 0 Å². The lowest BCUT2D eigenvalue weighted by atomic mass is 10.2. The van der Waals surface area contributed by atoms with Crippen LogP contribution in [0.5, 0.6) is 0 Å². The molecule has 0 heteroatoms. The highest BCUT2D eigenvalue weighted by atomic mass is 13.9. The smallest absolute Gasteiger partial charge is 0.00656 e. The zero-order valence-electron chi connectivity index (χ0n) is 6.28. The lowest BCUT2D eigenvalue weighted by Crippen LogP contribution is -1.69. The highest BCUT2D eigenvalue weighted by Crippen LogP contribution is 2.00. The van der Waals surface area contributed by atoms with Crippen LogP contribution in [0.3, 0.4) is 0 Å². The fraction of sp³-hybridized carbons (Fsp3) is 0.444. The van der Waals surface area contributed by atoms with Crippen LogP contribution in [-0.4, -0.2) is 0 Å². The summed E-state index contributed by atoms with van der Waals surface area (Å²) in [7, 11) is 0. The molecule has 0 fully saturated rings. The van der Waals surface area contributed by atoms with Gasteiger partial charge in [0.25, 0.3) is 0 Å². The van der Waals surface area contributed by atoms with Crippen molar-refractivity contribution in [3.63, 3.8) is 0 Å². The molecule has 0 nitrogen and oxygen atoms in total. The first kappa shape index (κ1) is 8.26. The zero-order chi connectivity index (χ0) is 7.11. The second kappa shape index (κ2) is 5.40. The van der Waals surface area contributed by atoms with E-state index in [1.54, 1.807) is 0 Å². The molecule has 0 rings (SSSR count). The van der Waals surface area contributed by atoms with E-state index >= 15 is 0 Å². The Balaban J connectivity index is 3.61. The SMILES string of the molecule is C=C=CCC(C)=CCC. The molecule has 0 saturated carbocycles. The summed E-state index contributed by atoms with van der Waals surface area (Å²) < 4.78 is 0. The average Bonchev–Trinajstić information content (AvgIpc) is 1.85. The van der Waals surface area contributed by atoms with E-state index < -0.39 is 0 Å². The lowest BCUT2D eigenvalue weighted by Gasteiger charge is -1.90. The normalized spacial score (nSPS) is 10.7. The average molecular weight is 122 g/mol. The summed E-state index contributed by atoms with van der Waals surface area (Å²) in [5.41, 5.74) is 4.14. The van der Waals surface area contributed by atoms with Crippen molar-refractivity contribution in [2.75, 3.05) is 0 Å². The van der Waals surface area contributed by atoms with Gasteiger partial charge in [-0.05, 0) is 25.8 Å². The van der Waals surface area contributed by atoms with Crippen LogP contribution in [0, 0.1) is 0 Å². The highest BCUT2D eigenvalue weighted by molar-refractivity contribution is 5.02. The molecule has 0 aromatic heterocycles. The molecule has 0 aliphatic carbocycles. The van der Waals surface area contributed by atoms with Crippen molar-refractivity contribution in [1.82, 2.24) is 0 Å². The largest absolute Gasteiger partial charge is 0.133 e. The van der Waals surface area contributed by atoms with Gasteiger partial charge in [-0.25, -0.2) is 0 Å². The Kier molecular flexibility index (Phi) is 4.95. The van der Waals surface area contributed by atoms with Gasteiger partial charge in [-0.1, -0.05) is 25.2 Å². The molecule has 0 spiro atoms. The van der Waals surface area contributed by atoms with E-state index in [2.05, 4.69) is 32.2 Å². The third-order valence-corrected chi connectivity index (χ3v) is 1.12. The van der Waals surface area contributed by atoms with Gasteiger partial charge in [-0.15, -0.1) is 5.73 Å². The molecular formula is C9H14. The van der Waals surface area contributed by atoms with Crippen molar-refractivity contribution in [1.29, 1.82) is 0 Å². The van der Waals surface area contributed by atoms with Gasteiger partial charge in [0, 0.05) is 0 Å². The Bertz CT molecular complexity index is 134. The summed E-state index contributed by atoms with van der Waals surface area (Å²) in [6.07, 6.45) is 6.28. The summed E-state index contributed by atoms with van der Waals surface area (Å²) in [6, 6.07) is 0. The number of hydrogen-bond acceptors (Lipinski definition) is 0. The topological polar surface area (TPSA) is 0 Å². The second-order valence-electron chi connectivity index (χ2n) is 2.07. The molecule has 0 saturated heterocycles. The summed E-state index contributed by atoms with van der Waals surface area (Å²) >= 11 is 0. The van der Waals surface area contributed by atoms with Gasteiger partial charge in [0.2, 0.25) is 0 Å². The maximum absolute atomic E-state index is 3.48. The van der Waals surface area contributed by atoms with Gasteiger partial charge in [-0.3, -0.25) is 0 Å². The van der Waals surface area contributed by atoms with Gasteiger partial charge in [0.05, 0.1) is 0 Å². The van der Waals surface area contributed by atoms with Crippen molar-refractivity contribution in [2.45, 2.75) is 26.7 Å². The molecule has 9 heavy (non-hydrogen) atoms. The van der Waals surface area contributed by atoms with E-state index in [1.807, 2.05) is 6.08 Å². The quantitative estimate of drug-likeness (QED) is 0.398. The summed E-state index contributed by atoms with van der Waals surface area (Å²) in [6.45, 7) is 7.75. The van der Waals surface area contributed by atoms with Crippen LogP contribution in [0.2, 0.25) is 0 Å². The highest BCUT2D eigenvalue weighted by Gasteiger charge is 1.80. The lowest BCUT2D eigenvalue weighted by molar-refractivity contribution is 1.12. The van der Waals surface area contributed by atoms with Gasteiger partial charge in [-0.2, -0.15) is 0 Å². The molecule has 0 amide bonds. The Morgan fingerprint density at radius 1 is 1.67 bits per heavy atom. The second-order valence-corrected chi connectivity index (χ2v) is 2.07.